The molecule has 0 aliphatic carbocycles. The van der Waals surface area contributed by atoms with Gasteiger partial charge in [0.25, 0.3) is 0 Å². The van der Waals surface area contributed by atoms with Gasteiger partial charge in [0.15, 0.2) is 22.7 Å². The zero-order valence-corrected chi connectivity index (χ0v) is 5.64. The van der Waals surface area contributed by atoms with Gasteiger partial charge in [0.2, 0.25) is 0 Å². The first-order valence-corrected chi connectivity index (χ1v) is 3.08. The van der Waals surface area contributed by atoms with Crippen molar-refractivity contribution in [2.75, 3.05) is 0 Å². The molecule has 2 aromatic rings. The Bertz CT molecular complexity index is 437. The number of hydrogen-bond donors (Lipinski definition) is 0. The van der Waals surface area contributed by atoms with Crippen LogP contribution in [0, 0.1) is 17.8 Å². The number of oxazole rings is 1. The largest absolute Gasteiger partial charge is 0.415 e. The molecule has 0 amide bonds. The molecule has 0 aliphatic heterocycles. The van der Waals surface area contributed by atoms with Crippen LogP contribution in [-0.2, 0) is 0 Å². The summed E-state index contributed by atoms with van der Waals surface area (Å²) in [5.74, 6) is -2.27. The maximum Gasteiger partial charge on any atom is 0.382 e. The molecule has 0 radical (unpaired) electrons. The molecule has 0 fully saturated rings. The van der Waals surface area contributed by atoms with E-state index >= 15 is 0 Å². The maximum atomic E-state index is 12.7. The molecule has 0 spiro atoms. The van der Waals surface area contributed by atoms with Crippen molar-refractivity contribution in [1.82, 2.24) is 4.98 Å². The van der Waals surface area contributed by atoms with Crippen LogP contribution in [0.25, 0.3) is 11.1 Å². The van der Waals surface area contributed by atoms with Gasteiger partial charge in [-0.15, -0.1) is 4.39 Å². The van der Waals surface area contributed by atoms with E-state index in [0.717, 1.165) is 12.1 Å². The normalized spacial score (nSPS) is 10.9. The Labute approximate surface area is 64.6 Å². The minimum Gasteiger partial charge on any atom is -0.415 e. The molecular weight excluding hydrogens is 171 g/mol. The van der Waals surface area contributed by atoms with E-state index in [-0.39, 0.29) is 5.58 Å². The number of aromatic nitrogens is 1. The van der Waals surface area contributed by atoms with Crippen molar-refractivity contribution in [2.24, 2.45) is 0 Å². The summed E-state index contributed by atoms with van der Waals surface area (Å²) >= 11 is 0. The minimum absolute atomic E-state index is 0.105. The lowest BCUT2D eigenvalue weighted by Gasteiger charge is -1.89. The van der Waals surface area contributed by atoms with Gasteiger partial charge in [0.05, 0.1) is 0 Å². The molecule has 2 rings (SSSR count). The second kappa shape index (κ2) is 2.23. The number of fused-ring (bicyclic) bond motifs is 1. The van der Waals surface area contributed by atoms with E-state index < -0.39 is 23.3 Å². The highest BCUT2D eigenvalue weighted by Gasteiger charge is 2.12. The summed E-state index contributed by atoms with van der Waals surface area (Å²) in [6.45, 7) is 0. The highest BCUT2D eigenvalue weighted by atomic mass is 19.2. The van der Waals surface area contributed by atoms with Crippen molar-refractivity contribution in [3.8, 4) is 0 Å². The SMILES string of the molecule is Fc1nc2c(F)c(F)ccc2o1. The van der Waals surface area contributed by atoms with Gasteiger partial charge in [0.1, 0.15) is 0 Å². The maximum absolute atomic E-state index is 12.7. The van der Waals surface area contributed by atoms with Crippen LogP contribution in [0.2, 0.25) is 0 Å². The third kappa shape index (κ3) is 0.861. The summed E-state index contributed by atoms with van der Waals surface area (Å²) in [6, 6.07) is 1.96. The smallest absolute Gasteiger partial charge is 0.382 e. The third-order valence-corrected chi connectivity index (χ3v) is 1.43. The number of rotatable bonds is 0. The fraction of sp³-hybridized carbons (Fsp3) is 0. The van der Waals surface area contributed by atoms with Crippen molar-refractivity contribution in [3.63, 3.8) is 0 Å². The van der Waals surface area contributed by atoms with Gasteiger partial charge in [0, 0.05) is 0 Å². The molecule has 0 bridgehead atoms. The van der Waals surface area contributed by atoms with Crippen molar-refractivity contribution in [1.29, 1.82) is 0 Å². The number of halogens is 3. The molecule has 1 heterocycles. The highest BCUT2D eigenvalue weighted by Crippen LogP contribution is 2.19. The summed E-state index contributed by atoms with van der Waals surface area (Å²) in [4.78, 5) is 3.03. The zero-order valence-electron chi connectivity index (χ0n) is 5.64. The van der Waals surface area contributed by atoms with Crippen LogP contribution in [0.5, 0.6) is 0 Å². The number of nitrogens with zero attached hydrogens (tertiary/aromatic N) is 1. The summed E-state index contributed by atoms with van der Waals surface area (Å²) < 4.78 is 41.8. The molecule has 1 aromatic carbocycles. The predicted molar refractivity (Wildman–Crippen MR) is 33.9 cm³/mol. The topological polar surface area (TPSA) is 26.0 Å². The fourth-order valence-electron chi connectivity index (χ4n) is 0.910. The van der Waals surface area contributed by atoms with Crippen LogP contribution in [0.15, 0.2) is 16.5 Å². The Balaban J connectivity index is 2.89. The Morgan fingerprint density at radius 1 is 1.17 bits per heavy atom. The highest BCUT2D eigenvalue weighted by molar-refractivity contribution is 5.72. The lowest BCUT2D eigenvalue weighted by atomic mass is 10.3. The monoisotopic (exact) mass is 173 g/mol. The van der Waals surface area contributed by atoms with Gasteiger partial charge in [-0.3, -0.25) is 0 Å². The third-order valence-electron chi connectivity index (χ3n) is 1.43. The number of hydrogen-bond acceptors (Lipinski definition) is 2. The molecule has 0 saturated heterocycles. The second-order valence-corrected chi connectivity index (χ2v) is 2.17. The van der Waals surface area contributed by atoms with Crippen LogP contribution in [0.3, 0.4) is 0 Å². The molecule has 0 unspecified atom stereocenters. The van der Waals surface area contributed by atoms with Crippen LogP contribution < -0.4 is 0 Å². The second-order valence-electron chi connectivity index (χ2n) is 2.17. The summed E-state index contributed by atoms with van der Waals surface area (Å²) in [6.07, 6.45) is -1.17. The average Bonchev–Trinajstić information content (AvgIpc) is 2.39. The zero-order chi connectivity index (χ0) is 8.72. The van der Waals surface area contributed by atoms with Crippen LogP contribution in [0.4, 0.5) is 13.2 Å². The van der Waals surface area contributed by atoms with E-state index in [0.29, 0.717) is 0 Å². The molecular formula is C7H2F3NO. The molecule has 0 aliphatic rings. The van der Waals surface area contributed by atoms with Gasteiger partial charge < -0.3 is 4.42 Å². The van der Waals surface area contributed by atoms with Crippen molar-refractivity contribution < 1.29 is 17.6 Å². The first-order chi connectivity index (χ1) is 5.68. The van der Waals surface area contributed by atoms with E-state index in [2.05, 4.69) is 9.40 Å². The predicted octanol–water partition coefficient (Wildman–Crippen LogP) is 2.25. The molecule has 1 aromatic heterocycles. The lowest BCUT2D eigenvalue weighted by molar-refractivity contribution is 0.355. The molecule has 62 valence electrons. The van der Waals surface area contributed by atoms with Crippen molar-refractivity contribution in [3.05, 3.63) is 29.9 Å². The van der Waals surface area contributed by atoms with Crippen LogP contribution in [0.1, 0.15) is 0 Å². The van der Waals surface area contributed by atoms with E-state index in [9.17, 15) is 13.2 Å². The summed E-state index contributed by atoms with van der Waals surface area (Å²) in [5.41, 5.74) is -0.529. The van der Waals surface area contributed by atoms with E-state index in [1.807, 2.05) is 0 Å². The average molecular weight is 173 g/mol. The molecule has 2 nitrogen and oxygen atoms in total. The molecule has 5 heteroatoms. The van der Waals surface area contributed by atoms with Gasteiger partial charge in [-0.25, -0.2) is 8.78 Å². The van der Waals surface area contributed by atoms with Gasteiger partial charge in [-0.2, -0.15) is 4.98 Å². The minimum atomic E-state index is -1.19. The standard InChI is InChI=1S/C7H2F3NO/c8-3-1-2-4-6(5(3)9)11-7(10)12-4/h1-2H. The fourth-order valence-corrected chi connectivity index (χ4v) is 0.910. The number of benzene rings is 1. The van der Waals surface area contributed by atoms with Crippen LogP contribution >= 0.6 is 0 Å². The molecule has 0 saturated carbocycles. The van der Waals surface area contributed by atoms with Crippen molar-refractivity contribution in [2.45, 2.75) is 0 Å². The first-order valence-electron chi connectivity index (χ1n) is 3.08. The lowest BCUT2D eigenvalue weighted by Crippen LogP contribution is -1.84. The Morgan fingerprint density at radius 2 is 1.92 bits per heavy atom. The Kier molecular flexibility index (Phi) is 1.33. The first kappa shape index (κ1) is 7.15. The van der Waals surface area contributed by atoms with Crippen LogP contribution in [-0.4, -0.2) is 4.98 Å². The molecule has 0 atom stereocenters. The van der Waals surface area contributed by atoms with Gasteiger partial charge in [-0.05, 0) is 12.1 Å². The van der Waals surface area contributed by atoms with E-state index in [4.69, 9.17) is 0 Å². The quantitative estimate of drug-likeness (QED) is 0.610. The van der Waals surface area contributed by atoms with Crippen molar-refractivity contribution >= 4 is 11.1 Å². The molecule has 12 heavy (non-hydrogen) atoms. The Morgan fingerprint density at radius 3 is 2.67 bits per heavy atom. The van der Waals surface area contributed by atoms with Gasteiger partial charge >= 0.3 is 6.14 Å². The van der Waals surface area contributed by atoms with E-state index in [1.165, 1.54) is 0 Å². The Hall–Kier alpha value is -1.52. The summed E-state index contributed by atoms with van der Waals surface area (Å²) in [5, 5.41) is 0. The molecule has 0 N–H and O–H groups in total. The van der Waals surface area contributed by atoms with E-state index in [1.54, 1.807) is 0 Å². The van der Waals surface area contributed by atoms with Gasteiger partial charge in [-0.1, -0.05) is 0 Å². The summed E-state index contributed by atoms with van der Waals surface area (Å²) in [7, 11) is 0.